The Morgan fingerprint density at radius 3 is 2.94 bits per heavy atom. The number of para-hydroxylation sites is 1. The molecule has 2 heterocycles. The molecule has 17 heavy (non-hydrogen) atoms. The predicted octanol–water partition coefficient (Wildman–Crippen LogP) is 1.51. The zero-order chi connectivity index (χ0) is 11.5. The van der Waals surface area contributed by atoms with Crippen LogP contribution in [0.2, 0.25) is 0 Å². The van der Waals surface area contributed by atoms with Crippen LogP contribution in [0.1, 0.15) is 18.1 Å². The van der Waals surface area contributed by atoms with Crippen LogP contribution >= 0.6 is 0 Å². The zero-order valence-electron chi connectivity index (χ0n) is 9.78. The van der Waals surface area contributed by atoms with E-state index in [1.165, 1.54) is 0 Å². The first-order chi connectivity index (χ1) is 8.45. The highest BCUT2D eigenvalue weighted by Gasteiger charge is 2.23. The highest BCUT2D eigenvalue weighted by molar-refractivity contribution is 5.48. The van der Waals surface area contributed by atoms with Gasteiger partial charge in [-0.3, -0.25) is 0 Å². The molecule has 0 aromatic heterocycles. The zero-order valence-corrected chi connectivity index (χ0v) is 9.78. The summed E-state index contributed by atoms with van der Waals surface area (Å²) in [6.07, 6.45) is 0.998. The Labute approximate surface area is 101 Å². The van der Waals surface area contributed by atoms with Crippen molar-refractivity contribution in [3.63, 3.8) is 0 Å². The van der Waals surface area contributed by atoms with Gasteiger partial charge in [0.15, 0.2) is 11.5 Å². The SMILES string of the molecule is c1cc2c(c(C3CNCCO3)c1)OCCCO2. The lowest BCUT2D eigenvalue weighted by atomic mass is 10.1. The maximum Gasteiger partial charge on any atom is 0.167 e. The summed E-state index contributed by atoms with van der Waals surface area (Å²) < 4.78 is 17.3. The molecule has 0 bridgehead atoms. The molecule has 1 aromatic rings. The van der Waals surface area contributed by atoms with Crippen molar-refractivity contribution < 1.29 is 14.2 Å². The third-order valence-corrected chi connectivity index (χ3v) is 3.08. The van der Waals surface area contributed by atoms with E-state index in [9.17, 15) is 0 Å². The third kappa shape index (κ3) is 2.23. The molecule has 0 radical (unpaired) electrons. The number of nitrogens with one attached hydrogen (secondary N) is 1. The van der Waals surface area contributed by atoms with Crippen LogP contribution in [0, 0.1) is 0 Å². The molecular weight excluding hydrogens is 218 g/mol. The second-order valence-electron chi connectivity index (χ2n) is 4.29. The molecule has 1 saturated heterocycles. The maximum absolute atomic E-state index is 5.80. The van der Waals surface area contributed by atoms with E-state index in [0.29, 0.717) is 6.61 Å². The molecule has 4 nitrogen and oxygen atoms in total. The van der Waals surface area contributed by atoms with Crippen LogP contribution in [0.5, 0.6) is 11.5 Å². The summed E-state index contributed by atoms with van der Waals surface area (Å²) >= 11 is 0. The number of rotatable bonds is 1. The van der Waals surface area contributed by atoms with Gasteiger partial charge in [0.05, 0.1) is 25.9 Å². The summed E-state index contributed by atoms with van der Waals surface area (Å²) in [5.41, 5.74) is 1.09. The lowest BCUT2D eigenvalue weighted by Crippen LogP contribution is -2.33. The summed E-state index contributed by atoms with van der Waals surface area (Å²) in [5, 5.41) is 3.33. The van der Waals surface area contributed by atoms with E-state index < -0.39 is 0 Å². The number of fused-ring (bicyclic) bond motifs is 1. The van der Waals surface area contributed by atoms with Crippen molar-refractivity contribution in [2.24, 2.45) is 0 Å². The van der Waals surface area contributed by atoms with Gasteiger partial charge in [-0.15, -0.1) is 0 Å². The van der Waals surface area contributed by atoms with Crippen molar-refractivity contribution >= 4 is 0 Å². The minimum Gasteiger partial charge on any atom is -0.490 e. The van der Waals surface area contributed by atoms with Crippen molar-refractivity contribution in [2.75, 3.05) is 32.9 Å². The molecule has 2 aliphatic heterocycles. The largest absolute Gasteiger partial charge is 0.490 e. The van der Waals surface area contributed by atoms with Gasteiger partial charge in [-0.1, -0.05) is 12.1 Å². The minimum atomic E-state index is 0.0698. The van der Waals surface area contributed by atoms with Crippen LogP contribution in [-0.2, 0) is 4.74 Å². The number of hydrogen-bond acceptors (Lipinski definition) is 4. The van der Waals surface area contributed by atoms with Crippen LogP contribution in [-0.4, -0.2) is 32.9 Å². The molecule has 1 N–H and O–H groups in total. The monoisotopic (exact) mass is 235 g/mol. The molecule has 0 amide bonds. The topological polar surface area (TPSA) is 39.7 Å². The molecule has 0 aliphatic carbocycles. The quantitative estimate of drug-likeness (QED) is 0.801. The first-order valence-corrected chi connectivity index (χ1v) is 6.16. The smallest absolute Gasteiger partial charge is 0.167 e. The predicted molar refractivity (Wildman–Crippen MR) is 63.6 cm³/mol. The molecule has 1 fully saturated rings. The van der Waals surface area contributed by atoms with E-state index in [-0.39, 0.29) is 6.10 Å². The van der Waals surface area contributed by atoms with Crippen LogP contribution in [0.3, 0.4) is 0 Å². The molecular formula is C13H17NO3. The van der Waals surface area contributed by atoms with Gasteiger partial charge in [-0.25, -0.2) is 0 Å². The van der Waals surface area contributed by atoms with Crippen LogP contribution in [0.15, 0.2) is 18.2 Å². The van der Waals surface area contributed by atoms with Crippen LogP contribution in [0.4, 0.5) is 0 Å². The standard InChI is InChI=1S/C13H17NO3/c1-3-10(12-9-14-5-8-16-12)13-11(4-1)15-6-2-7-17-13/h1,3-4,12,14H,2,5-9H2. The van der Waals surface area contributed by atoms with Crippen LogP contribution in [0.25, 0.3) is 0 Å². The van der Waals surface area contributed by atoms with E-state index in [1.807, 2.05) is 12.1 Å². The van der Waals surface area contributed by atoms with Crippen molar-refractivity contribution in [3.05, 3.63) is 23.8 Å². The fourth-order valence-electron chi connectivity index (χ4n) is 2.23. The number of morpholine rings is 1. The van der Waals surface area contributed by atoms with Crippen molar-refractivity contribution in [2.45, 2.75) is 12.5 Å². The van der Waals surface area contributed by atoms with Crippen molar-refractivity contribution in [1.82, 2.24) is 5.32 Å². The Bertz CT molecular complexity index is 388. The molecule has 1 atom stereocenters. The first-order valence-electron chi connectivity index (χ1n) is 6.16. The summed E-state index contributed by atoms with van der Waals surface area (Å²) in [4.78, 5) is 0. The van der Waals surface area contributed by atoms with E-state index in [0.717, 1.165) is 49.8 Å². The Kier molecular flexibility index (Phi) is 3.16. The second kappa shape index (κ2) is 4.94. The van der Waals surface area contributed by atoms with Crippen molar-refractivity contribution in [3.8, 4) is 11.5 Å². The number of benzene rings is 1. The van der Waals surface area contributed by atoms with E-state index in [1.54, 1.807) is 0 Å². The minimum absolute atomic E-state index is 0.0698. The maximum atomic E-state index is 5.80. The molecule has 4 heteroatoms. The van der Waals surface area contributed by atoms with Gasteiger partial charge in [0.1, 0.15) is 0 Å². The Morgan fingerprint density at radius 2 is 2.06 bits per heavy atom. The van der Waals surface area contributed by atoms with Gasteiger partial charge >= 0.3 is 0 Å². The molecule has 1 aromatic carbocycles. The molecule has 3 rings (SSSR count). The van der Waals surface area contributed by atoms with Gasteiger partial charge in [0.25, 0.3) is 0 Å². The Hall–Kier alpha value is -1.26. The fourth-order valence-corrected chi connectivity index (χ4v) is 2.23. The molecule has 0 spiro atoms. The van der Waals surface area contributed by atoms with Gasteiger partial charge < -0.3 is 19.5 Å². The fraction of sp³-hybridized carbons (Fsp3) is 0.538. The van der Waals surface area contributed by atoms with E-state index in [4.69, 9.17) is 14.2 Å². The van der Waals surface area contributed by atoms with Gasteiger partial charge in [-0.05, 0) is 6.07 Å². The molecule has 2 aliphatic rings. The van der Waals surface area contributed by atoms with Gasteiger partial charge in [0.2, 0.25) is 0 Å². The van der Waals surface area contributed by atoms with Gasteiger partial charge in [-0.2, -0.15) is 0 Å². The summed E-state index contributed by atoms with van der Waals surface area (Å²) in [7, 11) is 0. The normalized spacial score (nSPS) is 24.1. The van der Waals surface area contributed by atoms with E-state index >= 15 is 0 Å². The average molecular weight is 235 g/mol. The molecule has 0 saturated carbocycles. The Morgan fingerprint density at radius 1 is 1.12 bits per heavy atom. The first kappa shape index (κ1) is 10.9. The highest BCUT2D eigenvalue weighted by atomic mass is 16.5. The number of hydrogen-bond donors (Lipinski definition) is 1. The van der Waals surface area contributed by atoms with Gasteiger partial charge in [0, 0.05) is 25.1 Å². The number of ether oxygens (including phenoxy) is 3. The van der Waals surface area contributed by atoms with Crippen molar-refractivity contribution in [1.29, 1.82) is 0 Å². The third-order valence-electron chi connectivity index (χ3n) is 3.08. The summed E-state index contributed by atoms with van der Waals surface area (Å²) in [6.45, 7) is 3.93. The molecule has 1 unspecified atom stereocenters. The van der Waals surface area contributed by atoms with Crippen LogP contribution < -0.4 is 14.8 Å². The second-order valence-corrected chi connectivity index (χ2v) is 4.29. The highest BCUT2D eigenvalue weighted by Crippen LogP contribution is 2.37. The lowest BCUT2D eigenvalue weighted by Gasteiger charge is -2.25. The van der Waals surface area contributed by atoms with E-state index in [2.05, 4.69) is 11.4 Å². The average Bonchev–Trinajstić information content (AvgIpc) is 2.64. The summed E-state index contributed by atoms with van der Waals surface area (Å²) in [5.74, 6) is 1.70. The lowest BCUT2D eigenvalue weighted by molar-refractivity contribution is 0.0259. The molecule has 92 valence electrons. The summed E-state index contributed by atoms with van der Waals surface area (Å²) in [6, 6.07) is 6.02. The Balaban J connectivity index is 1.92.